The van der Waals surface area contributed by atoms with Gasteiger partial charge in [0.2, 0.25) is 0 Å². The van der Waals surface area contributed by atoms with Gasteiger partial charge in [0.15, 0.2) is 0 Å². The van der Waals surface area contributed by atoms with E-state index in [1.54, 1.807) is 0 Å². The molecule has 10 heavy (non-hydrogen) atoms. The molecule has 0 radical (unpaired) electrons. The van der Waals surface area contributed by atoms with Crippen LogP contribution in [0.4, 0.5) is 0 Å². The summed E-state index contributed by atoms with van der Waals surface area (Å²) in [6, 6.07) is 1.16. The van der Waals surface area contributed by atoms with Crippen molar-refractivity contribution in [3.05, 3.63) is 0 Å². The molecule has 2 heteroatoms. The van der Waals surface area contributed by atoms with Gasteiger partial charge in [-0.05, 0) is 20.3 Å². The summed E-state index contributed by atoms with van der Waals surface area (Å²) in [5.41, 5.74) is 0. The zero-order valence-electron chi connectivity index (χ0n) is 7.04. The van der Waals surface area contributed by atoms with E-state index in [0.29, 0.717) is 12.1 Å². The first-order valence-electron chi connectivity index (χ1n) is 4.08. The van der Waals surface area contributed by atoms with Crippen molar-refractivity contribution in [2.75, 3.05) is 6.54 Å². The van der Waals surface area contributed by atoms with E-state index >= 15 is 0 Å². The van der Waals surface area contributed by atoms with Crippen molar-refractivity contribution < 1.29 is 0 Å². The minimum absolute atomic E-state index is 0.505. The highest BCUT2D eigenvalue weighted by Crippen LogP contribution is 2.15. The van der Waals surface area contributed by atoms with Crippen molar-refractivity contribution in [3.63, 3.8) is 0 Å². The lowest BCUT2D eigenvalue weighted by molar-refractivity contribution is 0.320. The fourth-order valence-electron chi connectivity index (χ4n) is 1.54. The van der Waals surface area contributed by atoms with Crippen molar-refractivity contribution in [1.29, 1.82) is 0 Å². The highest BCUT2D eigenvalue weighted by atomic mass is 15.2. The molecule has 0 spiro atoms. The van der Waals surface area contributed by atoms with Crippen LogP contribution in [-0.2, 0) is 0 Å². The van der Waals surface area contributed by atoms with Gasteiger partial charge in [-0.1, -0.05) is 6.92 Å². The number of nitrogens with zero attached hydrogens (tertiary/aromatic N) is 2. The SMILES string of the molecule is CCC1C(C)N=CN1CC. The van der Waals surface area contributed by atoms with Crippen LogP contribution >= 0.6 is 0 Å². The van der Waals surface area contributed by atoms with Gasteiger partial charge < -0.3 is 4.90 Å². The molecule has 2 unspecified atom stereocenters. The molecule has 0 amide bonds. The summed E-state index contributed by atoms with van der Waals surface area (Å²) < 4.78 is 0. The lowest BCUT2D eigenvalue weighted by Crippen LogP contribution is -2.34. The highest BCUT2D eigenvalue weighted by molar-refractivity contribution is 5.58. The van der Waals surface area contributed by atoms with E-state index in [1.807, 2.05) is 6.34 Å². The Morgan fingerprint density at radius 3 is 2.60 bits per heavy atom. The zero-order valence-corrected chi connectivity index (χ0v) is 7.04. The van der Waals surface area contributed by atoms with Crippen LogP contribution in [0.15, 0.2) is 4.99 Å². The van der Waals surface area contributed by atoms with Crippen molar-refractivity contribution >= 4 is 6.34 Å². The molecule has 0 aromatic rings. The maximum atomic E-state index is 4.34. The second-order valence-electron chi connectivity index (χ2n) is 2.81. The van der Waals surface area contributed by atoms with Crippen molar-refractivity contribution in [2.24, 2.45) is 4.99 Å². The third-order valence-electron chi connectivity index (χ3n) is 2.22. The number of rotatable bonds is 2. The van der Waals surface area contributed by atoms with Gasteiger partial charge in [-0.25, -0.2) is 0 Å². The number of hydrogen-bond donors (Lipinski definition) is 0. The number of likely N-dealkylation sites (N-methyl/N-ethyl adjacent to an activating group) is 1. The second kappa shape index (κ2) is 3.04. The molecule has 0 fully saturated rings. The predicted molar refractivity (Wildman–Crippen MR) is 44.4 cm³/mol. The van der Waals surface area contributed by atoms with E-state index < -0.39 is 0 Å². The van der Waals surface area contributed by atoms with E-state index in [4.69, 9.17) is 0 Å². The first kappa shape index (κ1) is 7.58. The number of aliphatic imine (C=N–C) groups is 1. The van der Waals surface area contributed by atoms with Crippen molar-refractivity contribution in [2.45, 2.75) is 39.3 Å². The van der Waals surface area contributed by atoms with Crippen LogP contribution in [0, 0.1) is 0 Å². The molecule has 0 N–H and O–H groups in total. The molecule has 1 aliphatic rings. The summed E-state index contributed by atoms with van der Waals surface area (Å²) in [6.45, 7) is 7.66. The first-order valence-corrected chi connectivity index (χ1v) is 4.08. The minimum atomic E-state index is 0.505. The third kappa shape index (κ3) is 1.15. The molecule has 1 aliphatic heterocycles. The first-order chi connectivity index (χ1) is 4.79. The van der Waals surface area contributed by atoms with Crippen LogP contribution in [0.25, 0.3) is 0 Å². The Balaban J connectivity index is 2.53. The van der Waals surface area contributed by atoms with Crippen molar-refractivity contribution in [1.82, 2.24) is 4.90 Å². The minimum Gasteiger partial charge on any atom is -0.358 e. The van der Waals surface area contributed by atoms with Gasteiger partial charge >= 0.3 is 0 Å². The quantitative estimate of drug-likeness (QED) is 0.567. The smallest absolute Gasteiger partial charge is 0.0857 e. The van der Waals surface area contributed by atoms with E-state index in [-0.39, 0.29) is 0 Å². The van der Waals surface area contributed by atoms with E-state index in [0.717, 1.165) is 6.54 Å². The number of hydrogen-bond acceptors (Lipinski definition) is 2. The summed E-state index contributed by atoms with van der Waals surface area (Å²) in [7, 11) is 0. The molecule has 0 aromatic heterocycles. The molecule has 0 saturated carbocycles. The summed E-state index contributed by atoms with van der Waals surface area (Å²) in [5, 5.41) is 0. The van der Waals surface area contributed by atoms with E-state index in [1.165, 1.54) is 6.42 Å². The third-order valence-corrected chi connectivity index (χ3v) is 2.22. The Bertz CT molecular complexity index is 131. The molecule has 1 rings (SSSR count). The normalized spacial score (nSPS) is 31.7. The standard InChI is InChI=1S/C8H16N2/c1-4-8-7(3)9-6-10(8)5-2/h6-8H,4-5H2,1-3H3. The monoisotopic (exact) mass is 140 g/mol. The summed E-state index contributed by atoms with van der Waals surface area (Å²) >= 11 is 0. The average molecular weight is 140 g/mol. The summed E-state index contributed by atoms with van der Waals surface area (Å²) in [6.07, 6.45) is 3.19. The molecule has 58 valence electrons. The zero-order chi connectivity index (χ0) is 7.56. The Morgan fingerprint density at radius 2 is 2.20 bits per heavy atom. The Morgan fingerprint density at radius 1 is 1.50 bits per heavy atom. The van der Waals surface area contributed by atoms with Crippen LogP contribution in [0.2, 0.25) is 0 Å². The van der Waals surface area contributed by atoms with Crippen LogP contribution in [0.1, 0.15) is 27.2 Å². The molecule has 0 aromatic carbocycles. The maximum absolute atomic E-state index is 4.34. The van der Waals surface area contributed by atoms with Crippen LogP contribution in [0.3, 0.4) is 0 Å². The van der Waals surface area contributed by atoms with Gasteiger partial charge in [0.25, 0.3) is 0 Å². The molecule has 0 aliphatic carbocycles. The lowest BCUT2D eigenvalue weighted by atomic mass is 10.1. The maximum Gasteiger partial charge on any atom is 0.0857 e. The van der Waals surface area contributed by atoms with E-state index in [9.17, 15) is 0 Å². The lowest BCUT2D eigenvalue weighted by Gasteiger charge is -2.23. The van der Waals surface area contributed by atoms with Gasteiger partial charge in [-0.2, -0.15) is 0 Å². The Labute approximate surface area is 62.9 Å². The largest absolute Gasteiger partial charge is 0.358 e. The van der Waals surface area contributed by atoms with Gasteiger partial charge in [0.05, 0.1) is 18.4 Å². The van der Waals surface area contributed by atoms with Gasteiger partial charge in [-0.15, -0.1) is 0 Å². The average Bonchev–Trinajstić information content (AvgIpc) is 2.30. The fraction of sp³-hybridized carbons (Fsp3) is 0.875. The van der Waals surface area contributed by atoms with Crippen LogP contribution in [0.5, 0.6) is 0 Å². The molecule has 0 bridgehead atoms. The Kier molecular flexibility index (Phi) is 2.30. The Hall–Kier alpha value is -0.530. The molecule has 0 saturated heterocycles. The molecular weight excluding hydrogens is 124 g/mol. The van der Waals surface area contributed by atoms with Crippen LogP contribution < -0.4 is 0 Å². The van der Waals surface area contributed by atoms with E-state index in [2.05, 4.69) is 30.7 Å². The molecule has 1 heterocycles. The molecule has 2 nitrogen and oxygen atoms in total. The summed E-state index contributed by atoms with van der Waals surface area (Å²) in [5.74, 6) is 0. The fourth-order valence-corrected chi connectivity index (χ4v) is 1.54. The predicted octanol–water partition coefficient (Wildman–Crippen LogP) is 1.52. The summed E-state index contributed by atoms with van der Waals surface area (Å²) in [4.78, 5) is 6.65. The molecular formula is C8H16N2. The van der Waals surface area contributed by atoms with Gasteiger partial charge in [0, 0.05) is 6.54 Å². The molecule has 2 atom stereocenters. The van der Waals surface area contributed by atoms with Gasteiger partial charge in [0.1, 0.15) is 0 Å². The van der Waals surface area contributed by atoms with Crippen LogP contribution in [-0.4, -0.2) is 29.9 Å². The topological polar surface area (TPSA) is 15.6 Å². The highest BCUT2D eigenvalue weighted by Gasteiger charge is 2.23. The second-order valence-corrected chi connectivity index (χ2v) is 2.81. The van der Waals surface area contributed by atoms with Gasteiger partial charge in [-0.3, -0.25) is 4.99 Å². The van der Waals surface area contributed by atoms with Crippen molar-refractivity contribution in [3.8, 4) is 0 Å².